The van der Waals surface area contributed by atoms with Crippen molar-refractivity contribution in [3.05, 3.63) is 47.9 Å². The number of anilines is 1. The number of aliphatic hydroxyl groups is 1. The molecule has 0 saturated heterocycles. The van der Waals surface area contributed by atoms with E-state index in [2.05, 4.69) is 16.9 Å². The van der Waals surface area contributed by atoms with Crippen molar-refractivity contribution in [3.63, 3.8) is 0 Å². The van der Waals surface area contributed by atoms with Crippen molar-refractivity contribution in [2.24, 2.45) is 0 Å². The summed E-state index contributed by atoms with van der Waals surface area (Å²) in [4.78, 5) is 18.3. The third kappa shape index (κ3) is 5.28. The minimum Gasteiger partial charge on any atom is -0.395 e. The van der Waals surface area contributed by atoms with Crippen LogP contribution < -0.4 is 5.32 Å². The van der Waals surface area contributed by atoms with Crippen LogP contribution in [-0.4, -0.2) is 47.1 Å². The van der Waals surface area contributed by atoms with Crippen LogP contribution in [-0.2, 0) is 4.79 Å². The number of aliphatic hydroxyl groups excluding tert-OH is 1. The highest BCUT2D eigenvalue weighted by atomic mass is 32.1. The third-order valence-electron chi connectivity index (χ3n) is 3.27. The summed E-state index contributed by atoms with van der Waals surface area (Å²) < 4.78 is 0. The van der Waals surface area contributed by atoms with Crippen LogP contribution in [0.25, 0.3) is 11.3 Å². The van der Waals surface area contributed by atoms with Gasteiger partial charge in [-0.1, -0.05) is 35.9 Å². The van der Waals surface area contributed by atoms with E-state index in [1.807, 2.05) is 41.5 Å². The molecule has 0 bridgehead atoms. The van der Waals surface area contributed by atoms with Gasteiger partial charge in [0.15, 0.2) is 5.13 Å². The van der Waals surface area contributed by atoms with Crippen LogP contribution in [0.3, 0.4) is 0 Å². The molecule has 1 aromatic carbocycles. The molecule has 0 aliphatic rings. The summed E-state index contributed by atoms with van der Waals surface area (Å²) in [6, 6.07) is 8.11. The molecule has 2 N–H and O–H groups in total. The van der Waals surface area contributed by atoms with Crippen LogP contribution in [0, 0.1) is 6.92 Å². The summed E-state index contributed by atoms with van der Waals surface area (Å²) in [6.07, 6.45) is 1.71. The van der Waals surface area contributed by atoms with Gasteiger partial charge in [-0.25, -0.2) is 4.98 Å². The Labute approximate surface area is 140 Å². The van der Waals surface area contributed by atoms with Crippen LogP contribution in [0.1, 0.15) is 5.56 Å². The van der Waals surface area contributed by atoms with Crippen molar-refractivity contribution in [1.82, 2.24) is 9.88 Å². The summed E-state index contributed by atoms with van der Waals surface area (Å²) in [5.74, 6) is -0.148. The maximum Gasteiger partial charge on any atom is 0.240 e. The first-order valence-electron chi connectivity index (χ1n) is 7.39. The van der Waals surface area contributed by atoms with E-state index < -0.39 is 0 Å². The van der Waals surface area contributed by atoms with Gasteiger partial charge in [0, 0.05) is 24.0 Å². The Morgan fingerprint density at radius 2 is 2.17 bits per heavy atom. The van der Waals surface area contributed by atoms with Crippen molar-refractivity contribution >= 4 is 22.4 Å². The van der Waals surface area contributed by atoms with Gasteiger partial charge >= 0.3 is 0 Å². The van der Waals surface area contributed by atoms with Gasteiger partial charge in [-0.05, 0) is 6.92 Å². The second-order valence-corrected chi connectivity index (χ2v) is 6.06. The Morgan fingerprint density at radius 1 is 1.43 bits per heavy atom. The van der Waals surface area contributed by atoms with E-state index in [9.17, 15) is 4.79 Å². The number of carbonyl (C=O) groups is 1. The van der Waals surface area contributed by atoms with Crippen LogP contribution in [0.5, 0.6) is 0 Å². The van der Waals surface area contributed by atoms with Gasteiger partial charge in [-0.2, -0.15) is 0 Å². The van der Waals surface area contributed by atoms with E-state index in [0.717, 1.165) is 11.3 Å². The Bertz CT molecular complexity index is 652. The molecule has 122 valence electrons. The lowest BCUT2D eigenvalue weighted by molar-refractivity contribution is -0.117. The number of rotatable bonds is 8. The highest BCUT2D eigenvalue weighted by Crippen LogP contribution is 2.25. The van der Waals surface area contributed by atoms with Crippen LogP contribution >= 0.6 is 11.3 Å². The quantitative estimate of drug-likeness (QED) is 0.730. The van der Waals surface area contributed by atoms with Gasteiger partial charge in [0.05, 0.1) is 18.8 Å². The number of amides is 1. The van der Waals surface area contributed by atoms with Crippen molar-refractivity contribution in [3.8, 4) is 11.3 Å². The number of nitrogens with one attached hydrogen (secondary N) is 1. The molecular formula is C17H21N3O2S. The van der Waals surface area contributed by atoms with E-state index in [0.29, 0.717) is 18.2 Å². The lowest BCUT2D eigenvalue weighted by atomic mass is 10.1. The molecule has 1 amide bonds. The number of thiazole rings is 1. The monoisotopic (exact) mass is 331 g/mol. The van der Waals surface area contributed by atoms with Gasteiger partial charge in [-0.3, -0.25) is 9.69 Å². The van der Waals surface area contributed by atoms with E-state index in [1.54, 1.807) is 6.08 Å². The van der Waals surface area contributed by atoms with Crippen molar-refractivity contribution in [2.45, 2.75) is 6.92 Å². The van der Waals surface area contributed by atoms with E-state index in [1.165, 1.54) is 16.9 Å². The lowest BCUT2D eigenvalue weighted by Gasteiger charge is -2.18. The van der Waals surface area contributed by atoms with E-state index in [-0.39, 0.29) is 19.1 Å². The number of carbonyl (C=O) groups excluding carboxylic acids is 1. The van der Waals surface area contributed by atoms with Gasteiger partial charge in [0.1, 0.15) is 0 Å². The second-order valence-electron chi connectivity index (χ2n) is 5.20. The Morgan fingerprint density at radius 3 is 2.83 bits per heavy atom. The molecular weight excluding hydrogens is 310 g/mol. The van der Waals surface area contributed by atoms with E-state index >= 15 is 0 Å². The zero-order chi connectivity index (χ0) is 16.7. The Balaban J connectivity index is 1.96. The minimum atomic E-state index is -0.148. The summed E-state index contributed by atoms with van der Waals surface area (Å²) in [5.41, 5.74) is 3.08. The zero-order valence-electron chi connectivity index (χ0n) is 13.2. The molecule has 6 heteroatoms. The summed E-state index contributed by atoms with van der Waals surface area (Å²) in [6.45, 7) is 6.89. The molecule has 0 atom stereocenters. The van der Waals surface area contributed by atoms with Crippen LogP contribution in [0.15, 0.2) is 42.3 Å². The fourth-order valence-electron chi connectivity index (χ4n) is 2.11. The van der Waals surface area contributed by atoms with Crippen molar-refractivity contribution in [2.75, 3.05) is 31.6 Å². The third-order valence-corrected chi connectivity index (χ3v) is 4.03. The largest absolute Gasteiger partial charge is 0.395 e. The molecule has 1 heterocycles. The molecule has 1 aromatic heterocycles. The SMILES string of the molecule is C=CCN(CCO)CC(=O)Nc1nc(-c2ccc(C)cc2)cs1. The standard InChI is InChI=1S/C17H21N3O2S/c1-3-8-20(9-10-21)11-16(22)19-17-18-15(12-23-17)14-6-4-13(2)5-7-14/h3-7,12,21H,1,8-11H2,2H3,(H,18,19,22). The number of aryl methyl sites for hydroxylation is 1. The van der Waals surface area contributed by atoms with Crippen LogP contribution in [0.2, 0.25) is 0 Å². The van der Waals surface area contributed by atoms with Gasteiger partial charge in [0.25, 0.3) is 0 Å². The van der Waals surface area contributed by atoms with Crippen LogP contribution in [0.4, 0.5) is 5.13 Å². The predicted molar refractivity (Wildman–Crippen MR) is 94.6 cm³/mol. The van der Waals surface area contributed by atoms with Gasteiger partial charge < -0.3 is 10.4 Å². The lowest BCUT2D eigenvalue weighted by Crippen LogP contribution is -2.35. The number of hydrogen-bond acceptors (Lipinski definition) is 5. The number of hydrogen-bond donors (Lipinski definition) is 2. The maximum atomic E-state index is 12.1. The smallest absolute Gasteiger partial charge is 0.240 e. The number of aromatic nitrogens is 1. The summed E-state index contributed by atoms with van der Waals surface area (Å²) in [7, 11) is 0. The second kappa shape index (κ2) is 8.57. The highest BCUT2D eigenvalue weighted by Gasteiger charge is 2.11. The molecule has 0 aliphatic carbocycles. The molecule has 5 nitrogen and oxygen atoms in total. The molecule has 0 spiro atoms. The molecule has 2 aromatic rings. The van der Waals surface area contributed by atoms with Crippen molar-refractivity contribution in [1.29, 1.82) is 0 Å². The zero-order valence-corrected chi connectivity index (χ0v) is 14.0. The average Bonchev–Trinajstić information content (AvgIpc) is 2.96. The molecule has 23 heavy (non-hydrogen) atoms. The number of benzene rings is 1. The maximum absolute atomic E-state index is 12.1. The fourth-order valence-corrected chi connectivity index (χ4v) is 2.84. The highest BCUT2D eigenvalue weighted by molar-refractivity contribution is 7.14. The van der Waals surface area contributed by atoms with Gasteiger partial charge in [0.2, 0.25) is 5.91 Å². The van der Waals surface area contributed by atoms with E-state index in [4.69, 9.17) is 5.11 Å². The molecule has 0 unspecified atom stereocenters. The number of nitrogens with zero attached hydrogens (tertiary/aromatic N) is 2. The van der Waals surface area contributed by atoms with Crippen molar-refractivity contribution < 1.29 is 9.90 Å². The first-order chi connectivity index (χ1) is 11.1. The Hall–Kier alpha value is -2.02. The summed E-state index contributed by atoms with van der Waals surface area (Å²) >= 11 is 1.40. The average molecular weight is 331 g/mol. The predicted octanol–water partition coefficient (Wildman–Crippen LogP) is 2.54. The minimum absolute atomic E-state index is 0.00987. The topological polar surface area (TPSA) is 65.5 Å². The molecule has 0 aliphatic heterocycles. The first-order valence-corrected chi connectivity index (χ1v) is 8.27. The first kappa shape index (κ1) is 17.3. The molecule has 0 radical (unpaired) electrons. The summed E-state index contributed by atoms with van der Waals surface area (Å²) in [5, 5.41) is 14.3. The molecule has 2 rings (SSSR count). The molecule has 0 fully saturated rings. The Kier molecular flexibility index (Phi) is 6.46. The fraction of sp³-hybridized carbons (Fsp3) is 0.294. The van der Waals surface area contributed by atoms with Gasteiger partial charge in [-0.15, -0.1) is 17.9 Å². The molecule has 0 saturated carbocycles. The normalized spacial score (nSPS) is 10.7.